The normalized spacial score (nSPS) is 11.5. The average Bonchev–Trinajstić information content (AvgIpc) is 2.28. The number of aryl methyl sites for hydroxylation is 1. The molecular formula is C12H9F3N2. The number of hydrogen-bond donors (Lipinski definition) is 0. The molecule has 0 unspecified atom stereocenters. The van der Waals surface area contributed by atoms with E-state index in [1.807, 2.05) is 13.0 Å². The van der Waals surface area contributed by atoms with E-state index in [-0.39, 0.29) is 0 Å². The molecule has 2 aromatic rings. The smallest absolute Gasteiger partial charge is 0.254 e. The maximum absolute atomic E-state index is 12.3. The molecule has 0 fully saturated rings. The highest BCUT2D eigenvalue weighted by Gasteiger charge is 2.30. The van der Waals surface area contributed by atoms with Crippen molar-refractivity contribution in [3.8, 4) is 11.4 Å². The van der Waals surface area contributed by atoms with Crippen LogP contribution in [0, 0.1) is 6.92 Å². The summed E-state index contributed by atoms with van der Waals surface area (Å²) in [4.78, 5) is 7.97. The van der Waals surface area contributed by atoms with Crippen molar-refractivity contribution in [2.45, 2.75) is 13.1 Å². The van der Waals surface area contributed by atoms with Crippen molar-refractivity contribution in [1.82, 2.24) is 9.97 Å². The molecule has 2 nitrogen and oxygen atoms in total. The van der Waals surface area contributed by atoms with E-state index in [1.54, 1.807) is 12.1 Å². The van der Waals surface area contributed by atoms with Gasteiger partial charge in [-0.15, -0.1) is 0 Å². The highest BCUT2D eigenvalue weighted by molar-refractivity contribution is 5.54. The lowest BCUT2D eigenvalue weighted by atomic mass is 10.2. The van der Waals surface area contributed by atoms with Crippen LogP contribution in [0.3, 0.4) is 0 Å². The minimum Gasteiger partial charge on any atom is -0.254 e. The lowest BCUT2D eigenvalue weighted by Crippen LogP contribution is -2.05. The third-order valence-corrected chi connectivity index (χ3v) is 2.24. The van der Waals surface area contributed by atoms with Gasteiger partial charge in [-0.1, -0.05) is 6.07 Å². The van der Waals surface area contributed by atoms with Crippen molar-refractivity contribution in [2.75, 3.05) is 0 Å². The summed E-state index contributed by atoms with van der Waals surface area (Å²) < 4.78 is 37.0. The molecule has 0 aliphatic rings. The van der Waals surface area contributed by atoms with Gasteiger partial charge >= 0.3 is 6.18 Å². The second-order valence-corrected chi connectivity index (χ2v) is 3.59. The maximum atomic E-state index is 12.3. The Kier molecular flexibility index (Phi) is 2.83. The van der Waals surface area contributed by atoms with Gasteiger partial charge < -0.3 is 0 Å². The van der Waals surface area contributed by atoms with Gasteiger partial charge in [0, 0.05) is 11.9 Å². The summed E-state index contributed by atoms with van der Waals surface area (Å²) >= 11 is 0. The number of nitrogens with zero attached hydrogens (tertiary/aromatic N) is 2. The van der Waals surface area contributed by atoms with Gasteiger partial charge in [0.15, 0.2) is 0 Å². The molecule has 17 heavy (non-hydrogen) atoms. The molecule has 0 aliphatic heterocycles. The number of rotatable bonds is 1. The van der Waals surface area contributed by atoms with Crippen molar-refractivity contribution < 1.29 is 13.2 Å². The zero-order valence-corrected chi connectivity index (χ0v) is 8.99. The molecule has 2 heterocycles. The second kappa shape index (κ2) is 4.16. The number of aromatic nitrogens is 2. The van der Waals surface area contributed by atoms with Crippen LogP contribution in [-0.2, 0) is 6.18 Å². The van der Waals surface area contributed by atoms with Crippen LogP contribution in [0.2, 0.25) is 0 Å². The first-order valence-corrected chi connectivity index (χ1v) is 4.94. The zero-order chi connectivity index (χ0) is 12.5. The predicted octanol–water partition coefficient (Wildman–Crippen LogP) is 3.47. The molecule has 2 aromatic heterocycles. The molecule has 88 valence electrons. The topological polar surface area (TPSA) is 25.8 Å². The van der Waals surface area contributed by atoms with Crippen LogP contribution in [-0.4, -0.2) is 9.97 Å². The Morgan fingerprint density at radius 3 is 2.29 bits per heavy atom. The van der Waals surface area contributed by atoms with Crippen molar-refractivity contribution in [3.63, 3.8) is 0 Å². The summed E-state index contributed by atoms with van der Waals surface area (Å²) in [5.74, 6) is 0. The lowest BCUT2D eigenvalue weighted by Gasteiger charge is -2.06. The van der Waals surface area contributed by atoms with E-state index < -0.39 is 11.7 Å². The van der Waals surface area contributed by atoms with Crippen molar-refractivity contribution in [1.29, 1.82) is 0 Å². The van der Waals surface area contributed by atoms with E-state index in [2.05, 4.69) is 9.97 Å². The fourth-order valence-corrected chi connectivity index (χ4v) is 1.40. The van der Waals surface area contributed by atoms with E-state index >= 15 is 0 Å². The van der Waals surface area contributed by atoms with Gasteiger partial charge in [0.1, 0.15) is 0 Å². The van der Waals surface area contributed by atoms with E-state index in [4.69, 9.17) is 0 Å². The second-order valence-electron chi connectivity index (χ2n) is 3.59. The van der Waals surface area contributed by atoms with Crippen molar-refractivity contribution in [2.24, 2.45) is 0 Å². The number of halogens is 3. The summed E-state index contributed by atoms with van der Waals surface area (Å²) in [5, 5.41) is 0. The Morgan fingerprint density at radius 2 is 1.76 bits per heavy atom. The van der Waals surface area contributed by atoms with Crippen molar-refractivity contribution >= 4 is 0 Å². The van der Waals surface area contributed by atoms with Crippen LogP contribution in [0.1, 0.15) is 11.3 Å². The minimum absolute atomic E-state index is 0.432. The largest absolute Gasteiger partial charge is 0.417 e. The summed E-state index contributed by atoms with van der Waals surface area (Å²) in [6, 6.07) is 7.64. The van der Waals surface area contributed by atoms with Gasteiger partial charge in [0.25, 0.3) is 0 Å². The standard InChI is InChI=1S/C12H9F3N2/c1-8-3-2-4-11(17-8)10-6-5-9(7-16-10)12(13,14)15/h2-7H,1H3. The molecule has 0 radical (unpaired) electrons. The van der Waals surface area contributed by atoms with Gasteiger partial charge in [-0.25, -0.2) is 0 Å². The highest BCUT2D eigenvalue weighted by atomic mass is 19.4. The number of alkyl halides is 3. The quantitative estimate of drug-likeness (QED) is 0.760. The molecule has 0 saturated carbocycles. The molecule has 0 N–H and O–H groups in total. The van der Waals surface area contributed by atoms with E-state index in [1.165, 1.54) is 6.07 Å². The Balaban J connectivity index is 2.36. The molecule has 0 saturated heterocycles. The van der Waals surface area contributed by atoms with E-state index in [0.717, 1.165) is 18.0 Å². The molecule has 0 atom stereocenters. The molecule has 0 aromatic carbocycles. The predicted molar refractivity (Wildman–Crippen MR) is 57.2 cm³/mol. The molecule has 2 rings (SSSR count). The summed E-state index contributed by atoms with van der Waals surface area (Å²) in [7, 11) is 0. The number of hydrogen-bond acceptors (Lipinski definition) is 2. The lowest BCUT2D eigenvalue weighted by molar-refractivity contribution is -0.137. The van der Waals surface area contributed by atoms with E-state index in [9.17, 15) is 13.2 Å². The summed E-state index contributed by atoms with van der Waals surface area (Å²) in [6.07, 6.45) is -3.54. The van der Waals surface area contributed by atoms with Crippen LogP contribution in [0.5, 0.6) is 0 Å². The first-order valence-electron chi connectivity index (χ1n) is 4.94. The minimum atomic E-state index is -4.36. The monoisotopic (exact) mass is 238 g/mol. The molecule has 0 aliphatic carbocycles. The molecule has 5 heteroatoms. The van der Waals surface area contributed by atoms with Gasteiger partial charge in [-0.05, 0) is 31.2 Å². The first kappa shape index (κ1) is 11.6. The Morgan fingerprint density at radius 1 is 1.00 bits per heavy atom. The zero-order valence-electron chi connectivity index (χ0n) is 8.99. The number of pyridine rings is 2. The summed E-state index contributed by atoms with van der Waals surface area (Å²) in [5.41, 5.74) is 1.04. The van der Waals surface area contributed by atoms with Gasteiger partial charge in [0.05, 0.1) is 17.0 Å². The van der Waals surface area contributed by atoms with Gasteiger partial charge in [-0.3, -0.25) is 9.97 Å². The van der Waals surface area contributed by atoms with Crippen LogP contribution >= 0.6 is 0 Å². The van der Waals surface area contributed by atoms with Gasteiger partial charge in [0.2, 0.25) is 0 Å². The van der Waals surface area contributed by atoms with Crippen LogP contribution in [0.25, 0.3) is 11.4 Å². The Labute approximate surface area is 96.2 Å². The van der Waals surface area contributed by atoms with Crippen molar-refractivity contribution in [3.05, 3.63) is 47.8 Å². The average molecular weight is 238 g/mol. The first-order chi connectivity index (χ1) is 7.97. The third kappa shape index (κ3) is 2.61. The molecule has 0 amide bonds. The fraction of sp³-hybridized carbons (Fsp3) is 0.167. The van der Waals surface area contributed by atoms with Crippen LogP contribution < -0.4 is 0 Å². The SMILES string of the molecule is Cc1cccc(-c2ccc(C(F)(F)F)cn2)n1. The highest BCUT2D eigenvalue weighted by Crippen LogP contribution is 2.29. The molecule has 0 spiro atoms. The molecule has 0 bridgehead atoms. The Hall–Kier alpha value is -1.91. The third-order valence-electron chi connectivity index (χ3n) is 2.24. The molecular weight excluding hydrogens is 229 g/mol. The fourth-order valence-electron chi connectivity index (χ4n) is 1.40. The van der Waals surface area contributed by atoms with Gasteiger partial charge in [-0.2, -0.15) is 13.2 Å². The van der Waals surface area contributed by atoms with Crippen LogP contribution in [0.15, 0.2) is 36.5 Å². The Bertz CT molecular complexity index is 518. The van der Waals surface area contributed by atoms with Crippen LogP contribution in [0.4, 0.5) is 13.2 Å². The van der Waals surface area contributed by atoms with E-state index in [0.29, 0.717) is 11.4 Å². The maximum Gasteiger partial charge on any atom is 0.417 e. The summed E-state index contributed by atoms with van der Waals surface area (Å²) in [6.45, 7) is 1.81.